The lowest BCUT2D eigenvalue weighted by molar-refractivity contribution is 0.0764. The lowest BCUT2D eigenvalue weighted by atomic mass is 10.2. The second-order valence-corrected chi connectivity index (χ2v) is 4.17. The Bertz CT molecular complexity index is 382. The van der Waals surface area contributed by atoms with E-state index in [9.17, 15) is 4.79 Å². The minimum atomic E-state index is -0.0985. The molecular weight excluding hydrogens is 247 g/mol. The second kappa shape index (κ2) is 6.06. The number of hydrogen-bond acceptors (Lipinski definition) is 2. The quantitative estimate of drug-likeness (QED) is 0.779. The Labute approximate surface area is 105 Å². The molecule has 1 aromatic heterocycles. The minimum Gasteiger partial charge on any atom is -0.339 e. The Morgan fingerprint density at radius 3 is 2.69 bits per heavy atom. The van der Waals surface area contributed by atoms with E-state index >= 15 is 0 Å². The standard InChI is InChI=1S/C11H14Cl2N2O/c1-3-5-15(4-2)11(16)8-6-10(13)14-7-9(8)12/h6-7H,3-5H2,1-2H3. The third-order valence-corrected chi connectivity index (χ3v) is 2.72. The molecule has 0 radical (unpaired) electrons. The molecule has 1 rings (SSSR count). The van der Waals surface area contributed by atoms with Crippen molar-refractivity contribution >= 4 is 29.1 Å². The van der Waals surface area contributed by atoms with Gasteiger partial charge in [0.1, 0.15) is 5.15 Å². The number of rotatable bonds is 4. The summed E-state index contributed by atoms with van der Waals surface area (Å²) in [5.74, 6) is -0.0985. The average molecular weight is 261 g/mol. The van der Waals surface area contributed by atoms with Crippen LogP contribution in [0.1, 0.15) is 30.6 Å². The molecule has 5 heteroatoms. The number of halogens is 2. The minimum absolute atomic E-state index is 0.0985. The summed E-state index contributed by atoms with van der Waals surface area (Å²) in [6.45, 7) is 5.33. The summed E-state index contributed by atoms with van der Waals surface area (Å²) in [4.78, 5) is 17.6. The van der Waals surface area contributed by atoms with E-state index < -0.39 is 0 Å². The van der Waals surface area contributed by atoms with Crippen molar-refractivity contribution in [2.45, 2.75) is 20.3 Å². The maximum absolute atomic E-state index is 12.1. The van der Waals surface area contributed by atoms with Crippen LogP contribution in [0.4, 0.5) is 0 Å². The van der Waals surface area contributed by atoms with Gasteiger partial charge in [-0.25, -0.2) is 4.98 Å². The smallest absolute Gasteiger partial charge is 0.255 e. The Balaban J connectivity index is 2.98. The summed E-state index contributed by atoms with van der Waals surface area (Å²) in [6, 6.07) is 1.50. The first-order valence-electron chi connectivity index (χ1n) is 5.20. The molecule has 88 valence electrons. The molecule has 0 saturated carbocycles. The SMILES string of the molecule is CCCN(CC)C(=O)c1cc(Cl)ncc1Cl. The summed E-state index contributed by atoms with van der Waals surface area (Å²) >= 11 is 11.7. The van der Waals surface area contributed by atoms with Crippen molar-refractivity contribution in [3.8, 4) is 0 Å². The van der Waals surface area contributed by atoms with Gasteiger partial charge in [0, 0.05) is 19.3 Å². The fourth-order valence-electron chi connectivity index (χ4n) is 1.42. The molecule has 0 N–H and O–H groups in total. The van der Waals surface area contributed by atoms with Gasteiger partial charge in [-0.05, 0) is 19.4 Å². The number of carbonyl (C=O) groups is 1. The van der Waals surface area contributed by atoms with Gasteiger partial charge in [-0.15, -0.1) is 0 Å². The zero-order chi connectivity index (χ0) is 12.1. The first kappa shape index (κ1) is 13.3. The fraction of sp³-hybridized carbons (Fsp3) is 0.455. The van der Waals surface area contributed by atoms with E-state index in [0.717, 1.165) is 6.42 Å². The fourth-order valence-corrected chi connectivity index (χ4v) is 1.76. The molecule has 0 saturated heterocycles. The van der Waals surface area contributed by atoms with Crippen LogP contribution in [0.3, 0.4) is 0 Å². The molecule has 0 aliphatic rings. The highest BCUT2D eigenvalue weighted by Gasteiger charge is 2.17. The molecule has 1 aromatic rings. The van der Waals surface area contributed by atoms with Crippen LogP contribution in [0.5, 0.6) is 0 Å². The van der Waals surface area contributed by atoms with Crippen molar-refractivity contribution in [2.24, 2.45) is 0 Å². The van der Waals surface area contributed by atoms with Crippen molar-refractivity contribution in [3.63, 3.8) is 0 Å². The Kier molecular flexibility index (Phi) is 5.03. The van der Waals surface area contributed by atoms with Gasteiger partial charge in [0.15, 0.2) is 0 Å². The highest BCUT2D eigenvalue weighted by atomic mass is 35.5. The van der Waals surface area contributed by atoms with E-state index in [1.165, 1.54) is 12.3 Å². The van der Waals surface area contributed by atoms with Gasteiger partial charge in [-0.2, -0.15) is 0 Å². The molecule has 3 nitrogen and oxygen atoms in total. The molecular formula is C11H14Cl2N2O. The molecule has 0 aromatic carbocycles. The van der Waals surface area contributed by atoms with Gasteiger partial charge >= 0.3 is 0 Å². The molecule has 0 fully saturated rings. The second-order valence-electron chi connectivity index (χ2n) is 3.37. The topological polar surface area (TPSA) is 33.2 Å². The van der Waals surface area contributed by atoms with E-state index in [-0.39, 0.29) is 11.1 Å². The molecule has 0 aliphatic carbocycles. The van der Waals surface area contributed by atoms with Crippen LogP contribution in [0.15, 0.2) is 12.3 Å². The first-order chi connectivity index (χ1) is 7.60. The molecule has 1 heterocycles. The Hall–Kier alpha value is -0.800. The maximum Gasteiger partial charge on any atom is 0.255 e. The van der Waals surface area contributed by atoms with Crippen molar-refractivity contribution < 1.29 is 4.79 Å². The van der Waals surface area contributed by atoms with Crippen molar-refractivity contribution in [2.75, 3.05) is 13.1 Å². The zero-order valence-electron chi connectivity index (χ0n) is 9.33. The summed E-state index contributed by atoms with van der Waals surface area (Å²) < 4.78 is 0. The summed E-state index contributed by atoms with van der Waals surface area (Å²) in [5, 5.41) is 0.615. The predicted octanol–water partition coefficient (Wildman–Crippen LogP) is 3.26. The van der Waals surface area contributed by atoms with Gasteiger partial charge in [0.2, 0.25) is 0 Å². The van der Waals surface area contributed by atoms with E-state index in [0.29, 0.717) is 23.7 Å². The summed E-state index contributed by atoms with van der Waals surface area (Å²) in [5.41, 5.74) is 0.414. The number of carbonyl (C=O) groups excluding carboxylic acids is 1. The number of amides is 1. The molecule has 0 bridgehead atoms. The van der Waals surface area contributed by atoms with Crippen molar-refractivity contribution in [3.05, 3.63) is 28.0 Å². The predicted molar refractivity (Wildman–Crippen MR) is 66.1 cm³/mol. The highest BCUT2D eigenvalue weighted by Crippen LogP contribution is 2.19. The van der Waals surface area contributed by atoms with Crippen molar-refractivity contribution in [1.82, 2.24) is 9.88 Å². The van der Waals surface area contributed by atoms with Gasteiger partial charge in [-0.3, -0.25) is 4.79 Å². The first-order valence-corrected chi connectivity index (χ1v) is 5.96. The van der Waals surface area contributed by atoms with Crippen LogP contribution in [-0.2, 0) is 0 Å². The lowest BCUT2D eigenvalue weighted by Gasteiger charge is -2.20. The largest absolute Gasteiger partial charge is 0.339 e. The van der Waals surface area contributed by atoms with Crippen LogP contribution in [0, 0.1) is 0 Å². The van der Waals surface area contributed by atoms with Crippen LogP contribution < -0.4 is 0 Å². The Morgan fingerprint density at radius 2 is 2.12 bits per heavy atom. The number of aromatic nitrogens is 1. The molecule has 0 aliphatic heterocycles. The molecule has 0 spiro atoms. The molecule has 0 atom stereocenters. The van der Waals surface area contributed by atoms with Crippen LogP contribution in [0.25, 0.3) is 0 Å². The molecule has 1 amide bonds. The van der Waals surface area contributed by atoms with Crippen LogP contribution in [0.2, 0.25) is 10.2 Å². The number of nitrogens with zero attached hydrogens (tertiary/aromatic N) is 2. The number of pyridine rings is 1. The van der Waals surface area contributed by atoms with E-state index in [1.54, 1.807) is 4.90 Å². The summed E-state index contributed by atoms with van der Waals surface area (Å²) in [6.07, 6.45) is 2.31. The van der Waals surface area contributed by atoms with Gasteiger partial charge in [0.05, 0.1) is 10.6 Å². The van der Waals surface area contributed by atoms with E-state index in [4.69, 9.17) is 23.2 Å². The molecule has 0 unspecified atom stereocenters. The Morgan fingerprint density at radius 1 is 1.44 bits per heavy atom. The monoisotopic (exact) mass is 260 g/mol. The molecule has 16 heavy (non-hydrogen) atoms. The van der Waals surface area contributed by atoms with Crippen LogP contribution >= 0.6 is 23.2 Å². The van der Waals surface area contributed by atoms with E-state index in [1.807, 2.05) is 13.8 Å². The third kappa shape index (κ3) is 3.09. The van der Waals surface area contributed by atoms with Crippen LogP contribution in [-0.4, -0.2) is 28.9 Å². The summed E-state index contributed by atoms with van der Waals surface area (Å²) in [7, 11) is 0. The zero-order valence-corrected chi connectivity index (χ0v) is 10.8. The van der Waals surface area contributed by atoms with Gasteiger partial charge in [0.25, 0.3) is 5.91 Å². The average Bonchev–Trinajstić information content (AvgIpc) is 2.28. The highest BCUT2D eigenvalue weighted by molar-refractivity contribution is 6.35. The van der Waals surface area contributed by atoms with E-state index in [2.05, 4.69) is 4.98 Å². The van der Waals surface area contributed by atoms with Crippen molar-refractivity contribution in [1.29, 1.82) is 0 Å². The third-order valence-electron chi connectivity index (χ3n) is 2.21. The maximum atomic E-state index is 12.1. The normalized spacial score (nSPS) is 10.2. The lowest BCUT2D eigenvalue weighted by Crippen LogP contribution is -2.31. The number of hydrogen-bond donors (Lipinski definition) is 0. The van der Waals surface area contributed by atoms with Gasteiger partial charge < -0.3 is 4.90 Å². The van der Waals surface area contributed by atoms with Gasteiger partial charge in [-0.1, -0.05) is 30.1 Å².